The molecule has 1 fully saturated rings. The summed E-state index contributed by atoms with van der Waals surface area (Å²) in [6.45, 7) is 4.65. The van der Waals surface area contributed by atoms with Crippen LogP contribution in [0.3, 0.4) is 0 Å². The van der Waals surface area contributed by atoms with Crippen LogP contribution in [0.15, 0.2) is 42.5 Å². The topological polar surface area (TPSA) is 50.9 Å². The molecular formula is C17H20ClN3O. The first-order valence-electron chi connectivity index (χ1n) is 7.42. The summed E-state index contributed by atoms with van der Waals surface area (Å²) in [7, 11) is 0. The van der Waals surface area contributed by atoms with Gasteiger partial charge in [0.05, 0.1) is 12.1 Å². The Morgan fingerprint density at radius 3 is 2.68 bits per heavy atom. The van der Waals surface area contributed by atoms with Crippen molar-refractivity contribution in [1.82, 2.24) is 14.8 Å². The lowest BCUT2D eigenvalue weighted by Crippen LogP contribution is -2.44. The monoisotopic (exact) mass is 317 g/mol. The van der Waals surface area contributed by atoms with Gasteiger partial charge in [-0.25, -0.2) is 4.98 Å². The molecule has 0 bridgehead atoms. The Hall–Kier alpha value is -1.65. The molecule has 1 saturated carbocycles. The normalized spacial score (nSPS) is 25.7. The van der Waals surface area contributed by atoms with E-state index in [1.807, 2.05) is 24.3 Å². The first-order chi connectivity index (χ1) is 10.4. The van der Waals surface area contributed by atoms with E-state index in [0.717, 1.165) is 23.4 Å². The van der Waals surface area contributed by atoms with Gasteiger partial charge >= 0.3 is 0 Å². The van der Waals surface area contributed by atoms with Crippen molar-refractivity contribution < 1.29 is 5.11 Å². The number of rotatable bonds is 3. The molecule has 0 aliphatic heterocycles. The van der Waals surface area contributed by atoms with Crippen molar-refractivity contribution in [3.05, 3.63) is 53.1 Å². The molecule has 4 nitrogen and oxygen atoms in total. The van der Waals surface area contributed by atoms with Gasteiger partial charge in [0.25, 0.3) is 0 Å². The second kappa shape index (κ2) is 5.52. The van der Waals surface area contributed by atoms with Crippen LogP contribution in [0.1, 0.15) is 32.3 Å². The maximum absolute atomic E-state index is 11.1. The van der Waals surface area contributed by atoms with Gasteiger partial charge in [0.15, 0.2) is 0 Å². The van der Waals surface area contributed by atoms with E-state index in [1.54, 1.807) is 11.0 Å². The van der Waals surface area contributed by atoms with Crippen LogP contribution >= 0.6 is 11.6 Å². The van der Waals surface area contributed by atoms with E-state index < -0.39 is 5.60 Å². The molecule has 1 heterocycles. The summed E-state index contributed by atoms with van der Waals surface area (Å²) >= 11 is 5.93. The highest BCUT2D eigenvalue weighted by Crippen LogP contribution is 2.51. The quantitative estimate of drug-likeness (QED) is 0.941. The van der Waals surface area contributed by atoms with E-state index in [9.17, 15) is 5.11 Å². The van der Waals surface area contributed by atoms with Crippen molar-refractivity contribution in [2.75, 3.05) is 0 Å². The molecule has 0 radical (unpaired) electrons. The Morgan fingerprint density at radius 1 is 1.32 bits per heavy atom. The number of nitrogens with zero attached hydrogens (tertiary/aromatic N) is 3. The first kappa shape index (κ1) is 15.3. The average Bonchev–Trinajstić information content (AvgIpc) is 3.04. The molecule has 1 aromatic heterocycles. The van der Waals surface area contributed by atoms with Gasteiger partial charge in [0.1, 0.15) is 12.7 Å². The summed E-state index contributed by atoms with van der Waals surface area (Å²) in [4.78, 5) is 3.95. The van der Waals surface area contributed by atoms with Gasteiger partial charge in [-0.2, -0.15) is 5.10 Å². The van der Waals surface area contributed by atoms with Crippen molar-refractivity contribution in [2.24, 2.45) is 5.41 Å². The number of benzene rings is 1. The molecule has 1 aliphatic rings. The highest BCUT2D eigenvalue weighted by atomic mass is 35.5. The van der Waals surface area contributed by atoms with Gasteiger partial charge in [0, 0.05) is 10.4 Å². The fourth-order valence-corrected chi connectivity index (χ4v) is 3.26. The number of aliphatic hydroxyl groups is 1. The zero-order valence-electron chi connectivity index (χ0n) is 12.8. The van der Waals surface area contributed by atoms with E-state index in [4.69, 9.17) is 11.6 Å². The van der Waals surface area contributed by atoms with E-state index >= 15 is 0 Å². The highest BCUT2D eigenvalue weighted by molar-refractivity contribution is 6.30. The van der Waals surface area contributed by atoms with E-state index in [1.165, 1.54) is 11.9 Å². The minimum Gasteiger partial charge on any atom is -0.387 e. The standard InChI is InChI=1S/C17H20ClN3O/c1-16(2)14(9-13-3-5-15(18)6-4-13)7-8-17(16,22)10-21-12-19-11-20-21/h3-6,9,11-12,22H,7-8,10H2,1-2H3. The molecule has 1 aliphatic carbocycles. The lowest BCUT2D eigenvalue weighted by molar-refractivity contribution is -0.0473. The van der Waals surface area contributed by atoms with Crippen molar-refractivity contribution in [3.63, 3.8) is 0 Å². The summed E-state index contributed by atoms with van der Waals surface area (Å²) in [5, 5.41) is 16.0. The second-order valence-corrected chi connectivity index (χ2v) is 6.91. The molecule has 1 N–H and O–H groups in total. The minimum absolute atomic E-state index is 0.321. The van der Waals surface area contributed by atoms with Crippen molar-refractivity contribution >= 4 is 17.7 Å². The van der Waals surface area contributed by atoms with E-state index in [0.29, 0.717) is 6.54 Å². The lowest BCUT2D eigenvalue weighted by atomic mass is 9.75. The third kappa shape index (κ3) is 2.69. The number of hydrogen-bond acceptors (Lipinski definition) is 3. The van der Waals surface area contributed by atoms with E-state index in [2.05, 4.69) is 30.0 Å². The molecule has 1 atom stereocenters. The summed E-state index contributed by atoms with van der Waals surface area (Å²) in [6.07, 6.45) is 6.90. The molecule has 1 unspecified atom stereocenters. The average molecular weight is 318 g/mol. The Labute approximate surface area is 135 Å². The van der Waals surface area contributed by atoms with Gasteiger partial charge in [-0.1, -0.05) is 49.2 Å². The molecule has 0 saturated heterocycles. The van der Waals surface area contributed by atoms with Gasteiger partial charge in [-0.05, 0) is 30.5 Å². The molecular weight excluding hydrogens is 298 g/mol. The number of hydrogen-bond donors (Lipinski definition) is 1. The van der Waals surface area contributed by atoms with Crippen LogP contribution in [0.5, 0.6) is 0 Å². The first-order valence-corrected chi connectivity index (χ1v) is 7.80. The van der Waals surface area contributed by atoms with Crippen LogP contribution in [0.2, 0.25) is 5.02 Å². The molecule has 3 rings (SSSR count). The Balaban J connectivity index is 1.87. The zero-order chi connectivity index (χ0) is 15.8. The van der Waals surface area contributed by atoms with Crippen LogP contribution < -0.4 is 0 Å². The molecule has 2 aromatic rings. The molecule has 1 aromatic carbocycles. The van der Waals surface area contributed by atoms with Crippen molar-refractivity contribution in [2.45, 2.75) is 38.8 Å². The molecule has 0 amide bonds. The number of halogens is 1. The smallest absolute Gasteiger partial charge is 0.137 e. The summed E-state index contributed by atoms with van der Waals surface area (Å²) in [6, 6.07) is 7.77. The summed E-state index contributed by atoms with van der Waals surface area (Å²) in [5.74, 6) is 0. The molecule has 116 valence electrons. The Bertz CT molecular complexity index is 676. The molecule has 0 spiro atoms. The van der Waals surface area contributed by atoms with Crippen LogP contribution in [0.25, 0.3) is 6.08 Å². The largest absolute Gasteiger partial charge is 0.387 e. The molecule has 5 heteroatoms. The van der Waals surface area contributed by atoms with Gasteiger partial charge in [0.2, 0.25) is 0 Å². The van der Waals surface area contributed by atoms with Crippen LogP contribution in [0.4, 0.5) is 0 Å². The fourth-order valence-electron chi connectivity index (χ4n) is 3.14. The van der Waals surface area contributed by atoms with Crippen molar-refractivity contribution in [3.8, 4) is 0 Å². The van der Waals surface area contributed by atoms with Crippen LogP contribution in [-0.2, 0) is 6.54 Å². The van der Waals surface area contributed by atoms with Crippen molar-refractivity contribution in [1.29, 1.82) is 0 Å². The predicted molar refractivity (Wildman–Crippen MR) is 87.4 cm³/mol. The van der Waals surface area contributed by atoms with Gasteiger partial charge < -0.3 is 5.11 Å². The summed E-state index contributed by atoms with van der Waals surface area (Å²) in [5.41, 5.74) is 1.22. The highest BCUT2D eigenvalue weighted by Gasteiger charge is 2.50. The third-order valence-electron chi connectivity index (χ3n) is 4.88. The lowest BCUT2D eigenvalue weighted by Gasteiger charge is -2.37. The minimum atomic E-state index is -0.820. The SMILES string of the molecule is CC1(C)C(=Cc2ccc(Cl)cc2)CCC1(O)Cn1cncn1. The molecule has 22 heavy (non-hydrogen) atoms. The van der Waals surface area contributed by atoms with Crippen LogP contribution in [0, 0.1) is 5.41 Å². The van der Waals surface area contributed by atoms with Gasteiger partial charge in [-0.15, -0.1) is 0 Å². The van der Waals surface area contributed by atoms with Gasteiger partial charge in [-0.3, -0.25) is 4.68 Å². The predicted octanol–water partition coefficient (Wildman–Crippen LogP) is 3.57. The Morgan fingerprint density at radius 2 is 2.05 bits per heavy atom. The fraction of sp³-hybridized carbons (Fsp3) is 0.412. The maximum atomic E-state index is 11.1. The van der Waals surface area contributed by atoms with Crippen LogP contribution in [-0.4, -0.2) is 25.5 Å². The number of aromatic nitrogens is 3. The van der Waals surface area contributed by atoms with E-state index in [-0.39, 0.29) is 5.41 Å². The third-order valence-corrected chi connectivity index (χ3v) is 5.13. The second-order valence-electron chi connectivity index (χ2n) is 6.47. The maximum Gasteiger partial charge on any atom is 0.137 e. The summed E-state index contributed by atoms with van der Waals surface area (Å²) < 4.78 is 1.70. The Kier molecular flexibility index (Phi) is 3.83. The zero-order valence-corrected chi connectivity index (χ0v) is 13.6.